The van der Waals surface area contributed by atoms with Crippen molar-refractivity contribution in [3.05, 3.63) is 20.4 Å². The minimum Gasteiger partial charge on any atom is -0.463 e. The summed E-state index contributed by atoms with van der Waals surface area (Å²) >= 11 is 0. The second kappa shape index (κ2) is 9.39. The summed E-state index contributed by atoms with van der Waals surface area (Å²) in [5, 5.41) is 2.98. The average Bonchev–Trinajstić information content (AvgIpc) is 2.81. The van der Waals surface area contributed by atoms with E-state index >= 15 is 0 Å². The van der Waals surface area contributed by atoms with Gasteiger partial charge in [0.05, 0.1) is 12.0 Å². The first-order valence-electron chi connectivity index (χ1n) is 8.89. The van der Waals surface area contributed by atoms with Crippen LogP contribution in [0, 0.1) is 5.41 Å². The number of hydrogen-bond donors (Lipinski definition) is 1. The van der Waals surface area contributed by atoms with Crippen molar-refractivity contribution in [2.75, 3.05) is 43.1 Å². The van der Waals surface area contributed by atoms with Gasteiger partial charge in [-0.2, -0.15) is 0 Å². The van der Waals surface area contributed by atoms with Gasteiger partial charge in [0, 0.05) is 26.1 Å². The van der Waals surface area contributed by atoms with Crippen LogP contribution in [0.25, 0.3) is 0 Å². The van der Waals surface area contributed by atoms with E-state index in [9.17, 15) is 18.9 Å². The molecule has 1 aliphatic heterocycles. The maximum Gasteiger partial charge on any atom is 0.496 e. The summed E-state index contributed by atoms with van der Waals surface area (Å²) < 4.78 is 26.5. The van der Waals surface area contributed by atoms with E-state index in [1.165, 1.54) is 0 Å². The molecule has 2 atom stereocenters. The minimum absolute atomic E-state index is 0.0633. The monoisotopic (exact) mass is 401 g/mol. The molecule has 1 heterocycles. The van der Waals surface area contributed by atoms with Crippen molar-refractivity contribution < 1.29 is 23.4 Å². The summed E-state index contributed by atoms with van der Waals surface area (Å²) in [4.78, 5) is 37.0. The lowest BCUT2D eigenvalue weighted by atomic mass is 9.97. The summed E-state index contributed by atoms with van der Waals surface area (Å²) in [7, 11) is -0.999. The van der Waals surface area contributed by atoms with Gasteiger partial charge in [-0.15, -0.1) is 4.52 Å². The van der Waals surface area contributed by atoms with Crippen LogP contribution in [0.2, 0.25) is 0 Å². The Kier molecular flexibility index (Phi) is 7.47. The molecule has 1 aromatic carbocycles. The average molecular weight is 401 g/mol. The molecule has 0 aromatic heterocycles. The van der Waals surface area contributed by atoms with Gasteiger partial charge in [-0.25, -0.2) is 0 Å². The van der Waals surface area contributed by atoms with Crippen LogP contribution in [-0.4, -0.2) is 45.1 Å². The molecule has 1 aliphatic rings. The number of fused-ring (bicyclic) bond motifs is 1. The first-order chi connectivity index (χ1) is 12.8. The maximum absolute atomic E-state index is 11.8. The van der Waals surface area contributed by atoms with Crippen molar-refractivity contribution >= 4 is 26.0 Å². The number of hydrogen-bond acceptors (Lipinski definition) is 9. The van der Waals surface area contributed by atoms with Gasteiger partial charge in [-0.3, -0.25) is 14.4 Å². The molecular weight excluding hydrogens is 375 g/mol. The van der Waals surface area contributed by atoms with E-state index in [-0.39, 0.29) is 19.2 Å². The number of esters is 1. The summed E-state index contributed by atoms with van der Waals surface area (Å²) in [6.07, 6.45) is 0.368. The Balaban J connectivity index is 1.83. The first-order valence-corrected chi connectivity index (χ1v) is 9.71. The summed E-state index contributed by atoms with van der Waals surface area (Å²) in [6.45, 7) is 7.10. The van der Waals surface area contributed by atoms with Crippen molar-refractivity contribution in [3.8, 4) is 0 Å². The van der Waals surface area contributed by atoms with Gasteiger partial charge in [0.15, 0.2) is 0 Å². The molecule has 150 valence electrons. The zero-order valence-electron chi connectivity index (χ0n) is 15.8. The van der Waals surface area contributed by atoms with Crippen LogP contribution in [0.5, 0.6) is 0 Å². The number of anilines is 2. The first kappa shape index (κ1) is 21.5. The molecule has 0 saturated heterocycles. The second-order valence-corrected chi connectivity index (χ2v) is 7.73. The van der Waals surface area contributed by atoms with E-state index < -0.39 is 31.2 Å². The summed E-state index contributed by atoms with van der Waals surface area (Å²) in [6, 6.07) is 0. The molecule has 27 heavy (non-hydrogen) atoms. The standard InChI is InChI=1S/C17H25N2O7P/c1-17(2,3)16(22)25-10-9-24-11(26-27-23)5-8-19-7-4-6-18-12-13(19)15(21)14(12)20/h11,27H,4-10H2,1-3H3/p+1. The zero-order valence-corrected chi connectivity index (χ0v) is 16.8. The van der Waals surface area contributed by atoms with Gasteiger partial charge in [0.2, 0.25) is 6.29 Å². The molecule has 0 aliphatic carbocycles. The Labute approximate surface area is 158 Å². The highest BCUT2D eigenvalue weighted by Gasteiger charge is 2.29. The molecule has 0 radical (unpaired) electrons. The highest BCUT2D eigenvalue weighted by molar-refractivity contribution is 7.17. The number of carbonyl (C=O) groups is 1. The predicted molar refractivity (Wildman–Crippen MR) is 102 cm³/mol. The number of nitrogens with one attached hydrogen (secondary N) is 1. The van der Waals surface area contributed by atoms with E-state index in [1.807, 2.05) is 4.90 Å². The molecule has 10 heteroatoms. The maximum atomic E-state index is 11.8. The van der Waals surface area contributed by atoms with E-state index in [4.69, 9.17) is 14.0 Å². The highest BCUT2D eigenvalue weighted by Crippen LogP contribution is 2.24. The van der Waals surface area contributed by atoms with Crippen molar-refractivity contribution in [2.45, 2.75) is 39.9 Å². The molecule has 2 rings (SSSR count). The Morgan fingerprint density at radius 2 is 2.00 bits per heavy atom. The molecule has 0 amide bonds. The Morgan fingerprint density at radius 1 is 1.26 bits per heavy atom. The quantitative estimate of drug-likeness (QED) is 0.214. The highest BCUT2D eigenvalue weighted by atomic mass is 31.1. The van der Waals surface area contributed by atoms with Crippen LogP contribution in [0.1, 0.15) is 33.6 Å². The molecule has 1 N–H and O–H groups in total. The van der Waals surface area contributed by atoms with E-state index in [0.717, 1.165) is 6.42 Å². The van der Waals surface area contributed by atoms with Gasteiger partial charge in [-0.05, 0) is 31.8 Å². The third-order valence-corrected chi connectivity index (χ3v) is 4.51. The normalized spacial score (nSPS) is 15.9. The van der Waals surface area contributed by atoms with E-state index in [2.05, 4.69) is 5.32 Å². The number of rotatable bonds is 9. The van der Waals surface area contributed by atoms with Gasteiger partial charge >= 0.3 is 14.7 Å². The van der Waals surface area contributed by atoms with Crippen LogP contribution in [0.4, 0.5) is 11.4 Å². The molecule has 0 fully saturated rings. The fourth-order valence-corrected chi connectivity index (χ4v) is 2.98. The fourth-order valence-electron chi connectivity index (χ4n) is 2.69. The molecular formula is C17H26N2O7P+. The smallest absolute Gasteiger partial charge is 0.463 e. The number of nitrogens with zero attached hydrogens (tertiary/aromatic N) is 1. The summed E-state index contributed by atoms with van der Waals surface area (Å²) in [5.74, 6) is -0.334. The van der Waals surface area contributed by atoms with Crippen molar-refractivity contribution in [1.29, 1.82) is 0 Å². The SMILES string of the molecule is CC(C)(C)C(=O)OCCOC(CCN1CCCNc2c1c(=O)c2=O)O[PH+]=O. The largest absolute Gasteiger partial charge is 0.496 e. The second-order valence-electron chi connectivity index (χ2n) is 7.33. The van der Waals surface area contributed by atoms with Crippen LogP contribution in [0.15, 0.2) is 9.59 Å². The number of ether oxygens (including phenoxy) is 2. The predicted octanol–water partition coefficient (Wildman–Crippen LogP) is 1.18. The van der Waals surface area contributed by atoms with Crippen LogP contribution >= 0.6 is 8.69 Å². The molecule has 0 saturated carbocycles. The Morgan fingerprint density at radius 3 is 2.67 bits per heavy atom. The molecule has 2 unspecified atom stereocenters. The van der Waals surface area contributed by atoms with Crippen LogP contribution in [0.3, 0.4) is 0 Å². The van der Waals surface area contributed by atoms with Crippen molar-refractivity contribution in [3.63, 3.8) is 0 Å². The van der Waals surface area contributed by atoms with E-state index in [0.29, 0.717) is 37.4 Å². The lowest BCUT2D eigenvalue weighted by Gasteiger charge is -2.25. The van der Waals surface area contributed by atoms with Gasteiger partial charge in [0.1, 0.15) is 18.0 Å². The number of carbonyl (C=O) groups excluding carboxylic acids is 1. The lowest BCUT2D eigenvalue weighted by Crippen LogP contribution is -2.42. The summed E-state index contributed by atoms with van der Waals surface area (Å²) in [5.41, 5.74) is -0.790. The minimum atomic E-state index is -0.999. The third-order valence-electron chi connectivity index (χ3n) is 4.15. The fraction of sp³-hybridized carbons (Fsp3) is 0.706. The van der Waals surface area contributed by atoms with Gasteiger partial charge < -0.3 is 19.7 Å². The van der Waals surface area contributed by atoms with Crippen molar-refractivity contribution in [2.24, 2.45) is 5.41 Å². The van der Waals surface area contributed by atoms with E-state index in [1.54, 1.807) is 20.8 Å². The Hall–Kier alpha value is -1.83. The molecule has 9 nitrogen and oxygen atoms in total. The third kappa shape index (κ3) is 5.57. The molecule has 0 bridgehead atoms. The molecule has 0 spiro atoms. The lowest BCUT2D eigenvalue weighted by molar-refractivity contribution is -0.157. The van der Waals surface area contributed by atoms with Gasteiger partial charge in [-0.1, -0.05) is 0 Å². The van der Waals surface area contributed by atoms with Gasteiger partial charge in [0.25, 0.3) is 10.9 Å². The van der Waals surface area contributed by atoms with Crippen molar-refractivity contribution in [1.82, 2.24) is 0 Å². The topological polar surface area (TPSA) is 111 Å². The Bertz CT molecular complexity index is 737. The molecule has 1 aromatic rings. The van der Waals surface area contributed by atoms with Crippen LogP contribution in [-0.2, 0) is 23.4 Å². The zero-order chi connectivity index (χ0) is 20.0. The van der Waals surface area contributed by atoms with Crippen LogP contribution < -0.4 is 21.1 Å².